The van der Waals surface area contributed by atoms with Gasteiger partial charge in [0, 0.05) is 34.4 Å². The van der Waals surface area contributed by atoms with E-state index in [0.717, 1.165) is 29.4 Å². The van der Waals surface area contributed by atoms with Crippen LogP contribution in [0, 0.1) is 0 Å². The Morgan fingerprint density at radius 2 is 2.17 bits per heavy atom. The van der Waals surface area contributed by atoms with Gasteiger partial charge in [-0.25, -0.2) is 0 Å². The third-order valence-corrected chi connectivity index (χ3v) is 4.04. The Hall–Kier alpha value is -1.32. The molecule has 0 unspecified atom stereocenters. The Balaban J connectivity index is 2.01. The van der Waals surface area contributed by atoms with Crippen molar-refractivity contribution in [2.45, 2.75) is 24.8 Å². The quantitative estimate of drug-likeness (QED) is 0.892. The highest BCUT2D eigenvalue weighted by Gasteiger charge is 2.35. The molecular formula is C14H16ClN3. The highest BCUT2D eigenvalue weighted by atomic mass is 35.5. The normalized spacial score (nSPS) is 17.4. The fourth-order valence-electron chi connectivity index (χ4n) is 2.50. The van der Waals surface area contributed by atoms with Gasteiger partial charge in [-0.2, -0.15) is 0 Å². The fourth-order valence-corrected chi connectivity index (χ4v) is 2.67. The molecule has 2 aromatic rings. The van der Waals surface area contributed by atoms with Gasteiger partial charge in [-0.1, -0.05) is 11.6 Å². The number of anilines is 1. The first-order chi connectivity index (χ1) is 8.72. The van der Waals surface area contributed by atoms with Gasteiger partial charge in [-0.15, -0.1) is 0 Å². The summed E-state index contributed by atoms with van der Waals surface area (Å²) in [6.45, 7) is 0.671. The van der Waals surface area contributed by atoms with E-state index in [-0.39, 0.29) is 5.54 Å². The molecule has 1 saturated carbocycles. The monoisotopic (exact) mass is 261 g/mol. The van der Waals surface area contributed by atoms with E-state index in [1.165, 1.54) is 6.42 Å². The van der Waals surface area contributed by atoms with E-state index in [1.807, 2.05) is 30.5 Å². The van der Waals surface area contributed by atoms with E-state index in [9.17, 15) is 0 Å². The Kier molecular flexibility index (Phi) is 2.88. The van der Waals surface area contributed by atoms with Crippen LogP contribution in [0.1, 0.15) is 19.3 Å². The summed E-state index contributed by atoms with van der Waals surface area (Å²) >= 11 is 5.99. The van der Waals surface area contributed by atoms with Gasteiger partial charge in [-0.05, 0) is 43.5 Å². The van der Waals surface area contributed by atoms with E-state index in [2.05, 4.69) is 10.3 Å². The van der Waals surface area contributed by atoms with Crippen molar-refractivity contribution in [2.24, 2.45) is 5.73 Å². The van der Waals surface area contributed by atoms with E-state index in [4.69, 9.17) is 17.3 Å². The first-order valence-electron chi connectivity index (χ1n) is 6.25. The minimum Gasteiger partial charge on any atom is -0.378 e. The van der Waals surface area contributed by atoms with Crippen molar-refractivity contribution >= 4 is 28.2 Å². The number of halogens is 1. The van der Waals surface area contributed by atoms with E-state index in [1.54, 1.807) is 0 Å². The van der Waals surface area contributed by atoms with Crippen molar-refractivity contribution < 1.29 is 0 Å². The second-order valence-corrected chi connectivity index (χ2v) is 5.42. The molecule has 1 heterocycles. The SMILES string of the molecule is NCC1(Nc2ccnc3cc(Cl)ccc23)CCC1. The molecule has 0 radical (unpaired) electrons. The number of fused-ring (bicyclic) bond motifs is 1. The zero-order valence-corrected chi connectivity index (χ0v) is 10.9. The first-order valence-corrected chi connectivity index (χ1v) is 6.63. The molecule has 4 heteroatoms. The Morgan fingerprint density at radius 3 is 2.83 bits per heavy atom. The number of hydrogen-bond donors (Lipinski definition) is 2. The summed E-state index contributed by atoms with van der Waals surface area (Å²) < 4.78 is 0. The van der Waals surface area contributed by atoms with Gasteiger partial charge in [0.2, 0.25) is 0 Å². The van der Waals surface area contributed by atoms with Crippen molar-refractivity contribution in [2.75, 3.05) is 11.9 Å². The Morgan fingerprint density at radius 1 is 1.33 bits per heavy atom. The van der Waals surface area contributed by atoms with E-state index in [0.29, 0.717) is 11.6 Å². The maximum Gasteiger partial charge on any atom is 0.0737 e. The first kappa shape index (κ1) is 11.8. The molecule has 18 heavy (non-hydrogen) atoms. The van der Waals surface area contributed by atoms with Gasteiger partial charge in [0.05, 0.1) is 5.52 Å². The fraction of sp³-hybridized carbons (Fsp3) is 0.357. The zero-order chi connectivity index (χ0) is 12.6. The van der Waals surface area contributed by atoms with Crippen LogP contribution in [0.3, 0.4) is 0 Å². The minimum absolute atomic E-state index is 0.0773. The highest BCUT2D eigenvalue weighted by Crippen LogP contribution is 2.36. The maximum absolute atomic E-state index is 5.99. The number of aromatic nitrogens is 1. The second kappa shape index (κ2) is 4.41. The molecule has 1 aromatic heterocycles. The highest BCUT2D eigenvalue weighted by molar-refractivity contribution is 6.31. The van der Waals surface area contributed by atoms with Crippen molar-refractivity contribution in [1.82, 2.24) is 4.98 Å². The maximum atomic E-state index is 5.99. The number of pyridine rings is 1. The minimum atomic E-state index is 0.0773. The standard InChI is InChI=1S/C14H16ClN3/c15-10-2-3-11-12(4-7-17-13(11)8-10)18-14(9-16)5-1-6-14/h2-4,7-8H,1,5-6,9,16H2,(H,17,18). The molecule has 0 spiro atoms. The molecule has 0 bridgehead atoms. The number of nitrogens with one attached hydrogen (secondary N) is 1. The zero-order valence-electron chi connectivity index (χ0n) is 10.1. The summed E-state index contributed by atoms with van der Waals surface area (Å²) in [5.74, 6) is 0. The van der Waals surface area contributed by atoms with E-state index >= 15 is 0 Å². The molecule has 3 nitrogen and oxygen atoms in total. The molecule has 0 aliphatic heterocycles. The molecular weight excluding hydrogens is 246 g/mol. The summed E-state index contributed by atoms with van der Waals surface area (Å²) in [7, 11) is 0. The molecule has 0 amide bonds. The molecule has 0 atom stereocenters. The van der Waals surface area contributed by atoms with Gasteiger partial charge in [0.1, 0.15) is 0 Å². The van der Waals surface area contributed by atoms with Crippen LogP contribution >= 0.6 is 11.6 Å². The van der Waals surface area contributed by atoms with Crippen LogP contribution in [0.5, 0.6) is 0 Å². The summed E-state index contributed by atoms with van der Waals surface area (Å²) in [6.07, 6.45) is 5.34. The molecule has 0 saturated heterocycles. The van der Waals surface area contributed by atoms with E-state index < -0.39 is 0 Å². The number of rotatable bonds is 3. The molecule has 1 fully saturated rings. The van der Waals surface area contributed by atoms with Crippen molar-refractivity contribution in [3.8, 4) is 0 Å². The third kappa shape index (κ3) is 1.93. The van der Waals surface area contributed by atoms with Crippen LogP contribution in [0.15, 0.2) is 30.5 Å². The molecule has 94 valence electrons. The van der Waals surface area contributed by atoms with Crippen LogP contribution < -0.4 is 11.1 Å². The number of benzene rings is 1. The summed E-state index contributed by atoms with van der Waals surface area (Å²) in [5.41, 5.74) is 7.98. The predicted molar refractivity (Wildman–Crippen MR) is 76.0 cm³/mol. The summed E-state index contributed by atoms with van der Waals surface area (Å²) in [4.78, 5) is 4.35. The number of nitrogens with zero attached hydrogens (tertiary/aromatic N) is 1. The average molecular weight is 262 g/mol. The van der Waals surface area contributed by atoms with Gasteiger partial charge in [-0.3, -0.25) is 4.98 Å². The predicted octanol–water partition coefficient (Wildman–Crippen LogP) is 3.18. The molecule has 1 aromatic carbocycles. The summed E-state index contributed by atoms with van der Waals surface area (Å²) in [6, 6.07) is 7.80. The smallest absolute Gasteiger partial charge is 0.0737 e. The van der Waals surface area contributed by atoms with Gasteiger partial charge >= 0.3 is 0 Å². The number of nitrogens with two attached hydrogens (primary N) is 1. The van der Waals surface area contributed by atoms with Crippen LogP contribution in [0.4, 0.5) is 5.69 Å². The lowest BCUT2D eigenvalue weighted by molar-refractivity contribution is 0.287. The molecule has 3 N–H and O–H groups in total. The van der Waals surface area contributed by atoms with Crippen LogP contribution in [-0.2, 0) is 0 Å². The Bertz CT molecular complexity index is 573. The molecule has 1 aliphatic carbocycles. The topological polar surface area (TPSA) is 50.9 Å². The average Bonchev–Trinajstić information content (AvgIpc) is 2.33. The lowest BCUT2D eigenvalue weighted by Crippen LogP contribution is -2.51. The largest absolute Gasteiger partial charge is 0.378 e. The molecule has 1 aliphatic rings. The lowest BCUT2D eigenvalue weighted by Gasteiger charge is -2.42. The molecule has 3 rings (SSSR count). The van der Waals surface area contributed by atoms with Crippen molar-refractivity contribution in [3.63, 3.8) is 0 Å². The van der Waals surface area contributed by atoms with Gasteiger partial charge < -0.3 is 11.1 Å². The second-order valence-electron chi connectivity index (χ2n) is 4.98. The van der Waals surface area contributed by atoms with Crippen LogP contribution in [0.25, 0.3) is 10.9 Å². The number of hydrogen-bond acceptors (Lipinski definition) is 3. The van der Waals surface area contributed by atoms with Crippen LogP contribution in [-0.4, -0.2) is 17.1 Å². The van der Waals surface area contributed by atoms with Crippen molar-refractivity contribution in [1.29, 1.82) is 0 Å². The van der Waals surface area contributed by atoms with Crippen molar-refractivity contribution in [3.05, 3.63) is 35.5 Å². The van der Waals surface area contributed by atoms with Gasteiger partial charge in [0.25, 0.3) is 0 Å². The van der Waals surface area contributed by atoms with Crippen LogP contribution in [0.2, 0.25) is 5.02 Å². The van der Waals surface area contributed by atoms with Gasteiger partial charge in [0.15, 0.2) is 0 Å². The third-order valence-electron chi connectivity index (χ3n) is 3.81. The summed E-state index contributed by atoms with van der Waals surface area (Å²) in [5, 5.41) is 5.41. The lowest BCUT2D eigenvalue weighted by atomic mass is 9.76. The Labute approximate surface area is 111 Å².